The highest BCUT2D eigenvalue weighted by molar-refractivity contribution is 5.90. The van der Waals surface area contributed by atoms with E-state index >= 15 is 0 Å². The van der Waals surface area contributed by atoms with Crippen molar-refractivity contribution in [3.63, 3.8) is 0 Å². The third-order valence-corrected chi connectivity index (χ3v) is 6.24. The number of aromatic amines is 1. The van der Waals surface area contributed by atoms with Gasteiger partial charge in [-0.25, -0.2) is 0 Å². The van der Waals surface area contributed by atoms with Crippen molar-refractivity contribution in [1.29, 1.82) is 0 Å². The summed E-state index contributed by atoms with van der Waals surface area (Å²) in [5.41, 5.74) is 5.19. The molecule has 0 unspecified atom stereocenters. The first-order valence-electron chi connectivity index (χ1n) is 12.0. The molecule has 0 radical (unpaired) electrons. The number of anilines is 6. The van der Waals surface area contributed by atoms with Crippen molar-refractivity contribution < 1.29 is 4.79 Å². The van der Waals surface area contributed by atoms with Crippen molar-refractivity contribution in [1.82, 2.24) is 19.9 Å². The molecule has 1 aliphatic rings. The molecule has 3 heterocycles. The Hall–Kier alpha value is -4.37. The number of aromatic nitrogens is 3. The highest BCUT2D eigenvalue weighted by Gasteiger charge is 2.14. The fraction of sp³-hybridized carbons (Fsp3) is 0.222. The van der Waals surface area contributed by atoms with Crippen LogP contribution in [0.5, 0.6) is 0 Å². The number of fused-ring (bicyclic) bond motifs is 1. The van der Waals surface area contributed by atoms with E-state index in [9.17, 15) is 4.79 Å². The van der Waals surface area contributed by atoms with Crippen LogP contribution in [0, 0.1) is 0 Å². The third-order valence-electron chi connectivity index (χ3n) is 6.24. The standard InChI is InChI=1S/C27H30N8O/c1-19(18-36)17-29-20-3-5-21(6-4-20)30-26-24-11-12-28-25(24)32-27(33-26)31-22-7-9-23(10-8-22)35-15-13-34(2)14-16-35/h3-12,18,29H,1,13-17H2,2H3,(H3,28,30,31,32,33). The summed E-state index contributed by atoms with van der Waals surface area (Å²) in [6.07, 6.45) is 2.61. The first-order valence-corrected chi connectivity index (χ1v) is 12.0. The second kappa shape index (κ2) is 10.5. The van der Waals surface area contributed by atoms with E-state index in [1.165, 1.54) is 5.69 Å². The van der Waals surface area contributed by atoms with Crippen LogP contribution in [-0.2, 0) is 4.79 Å². The average molecular weight is 483 g/mol. The number of nitrogens with one attached hydrogen (secondary N) is 4. The van der Waals surface area contributed by atoms with Crippen LogP contribution in [-0.4, -0.2) is 65.9 Å². The van der Waals surface area contributed by atoms with Crippen molar-refractivity contribution >= 4 is 51.8 Å². The van der Waals surface area contributed by atoms with E-state index in [1.807, 2.05) is 36.5 Å². The van der Waals surface area contributed by atoms with Gasteiger partial charge in [0.2, 0.25) is 5.95 Å². The number of carbonyl (C=O) groups is 1. The van der Waals surface area contributed by atoms with Crippen LogP contribution in [0.1, 0.15) is 0 Å². The van der Waals surface area contributed by atoms with Crippen molar-refractivity contribution in [2.45, 2.75) is 0 Å². The highest BCUT2D eigenvalue weighted by atomic mass is 16.1. The van der Waals surface area contributed by atoms with Crippen LogP contribution < -0.4 is 20.9 Å². The number of nitrogens with zero attached hydrogens (tertiary/aromatic N) is 4. The normalized spacial score (nSPS) is 14.0. The maximum Gasteiger partial charge on any atom is 0.231 e. The SMILES string of the molecule is C=C(C=O)CNc1ccc(Nc2nc(Nc3ccc(N4CCN(C)CC4)cc3)nc3[nH]ccc23)cc1. The van der Waals surface area contributed by atoms with E-state index in [1.54, 1.807) is 0 Å². The molecule has 0 aliphatic carbocycles. The predicted molar refractivity (Wildman–Crippen MR) is 147 cm³/mol. The number of hydrogen-bond donors (Lipinski definition) is 4. The molecule has 4 aromatic rings. The number of likely N-dealkylation sites (N-methyl/N-ethyl adjacent to an activating group) is 1. The fourth-order valence-corrected chi connectivity index (χ4v) is 4.11. The van der Waals surface area contributed by atoms with Crippen molar-refractivity contribution in [3.8, 4) is 0 Å². The Morgan fingerprint density at radius 3 is 2.33 bits per heavy atom. The number of H-pyrrole nitrogens is 1. The summed E-state index contributed by atoms with van der Waals surface area (Å²) in [6.45, 7) is 8.33. The molecule has 0 spiro atoms. The molecule has 0 saturated carbocycles. The summed E-state index contributed by atoms with van der Waals surface area (Å²) in [6, 6.07) is 18.1. The molecule has 5 rings (SSSR count). The molecular formula is C27H30N8O. The summed E-state index contributed by atoms with van der Waals surface area (Å²) in [5.74, 6) is 1.21. The summed E-state index contributed by atoms with van der Waals surface area (Å²) < 4.78 is 0. The minimum atomic E-state index is 0.414. The number of hydrogen-bond acceptors (Lipinski definition) is 8. The Kier molecular flexibility index (Phi) is 6.81. The zero-order valence-corrected chi connectivity index (χ0v) is 20.3. The minimum Gasteiger partial charge on any atom is -0.381 e. The molecule has 4 N–H and O–H groups in total. The Morgan fingerprint density at radius 2 is 1.61 bits per heavy atom. The van der Waals surface area contributed by atoms with Gasteiger partial charge in [-0.2, -0.15) is 9.97 Å². The molecular weight excluding hydrogens is 452 g/mol. The average Bonchev–Trinajstić information content (AvgIpc) is 3.38. The molecule has 2 aromatic carbocycles. The summed E-state index contributed by atoms with van der Waals surface area (Å²) in [5, 5.41) is 10.8. The second-order valence-electron chi connectivity index (χ2n) is 8.93. The molecule has 1 fully saturated rings. The van der Waals surface area contributed by atoms with Crippen LogP contribution >= 0.6 is 0 Å². The number of piperazine rings is 1. The largest absolute Gasteiger partial charge is 0.381 e. The van der Waals surface area contributed by atoms with E-state index in [2.05, 4.69) is 73.6 Å². The summed E-state index contributed by atoms with van der Waals surface area (Å²) in [7, 11) is 2.16. The molecule has 0 bridgehead atoms. The van der Waals surface area contributed by atoms with Gasteiger partial charge in [-0.1, -0.05) is 6.58 Å². The number of benzene rings is 2. The molecule has 2 aromatic heterocycles. The maximum atomic E-state index is 10.7. The van der Waals surface area contributed by atoms with Crippen molar-refractivity contribution in [2.24, 2.45) is 0 Å². The van der Waals surface area contributed by atoms with Crippen LogP contribution in [0.4, 0.5) is 34.5 Å². The molecule has 184 valence electrons. The van der Waals surface area contributed by atoms with E-state index in [0.717, 1.165) is 60.6 Å². The monoisotopic (exact) mass is 482 g/mol. The minimum absolute atomic E-state index is 0.414. The van der Waals surface area contributed by atoms with E-state index in [4.69, 9.17) is 4.98 Å². The second-order valence-corrected chi connectivity index (χ2v) is 8.93. The Labute approximate surface area is 210 Å². The quantitative estimate of drug-likeness (QED) is 0.206. The first-order chi connectivity index (χ1) is 17.6. The van der Waals surface area contributed by atoms with E-state index < -0.39 is 0 Å². The van der Waals surface area contributed by atoms with Crippen LogP contribution in [0.25, 0.3) is 11.0 Å². The zero-order chi connectivity index (χ0) is 24.9. The Morgan fingerprint density at radius 1 is 0.944 bits per heavy atom. The molecule has 1 saturated heterocycles. The fourth-order valence-electron chi connectivity index (χ4n) is 4.11. The van der Waals surface area contributed by atoms with Gasteiger partial charge >= 0.3 is 0 Å². The van der Waals surface area contributed by atoms with Crippen molar-refractivity contribution in [2.75, 3.05) is 60.6 Å². The summed E-state index contributed by atoms with van der Waals surface area (Å²) >= 11 is 0. The Bertz CT molecular complexity index is 1340. The lowest BCUT2D eigenvalue weighted by Gasteiger charge is -2.34. The van der Waals surface area contributed by atoms with Crippen LogP contribution in [0.3, 0.4) is 0 Å². The van der Waals surface area contributed by atoms with Gasteiger partial charge in [0, 0.05) is 67.2 Å². The molecule has 36 heavy (non-hydrogen) atoms. The number of rotatable bonds is 9. The lowest BCUT2D eigenvalue weighted by Crippen LogP contribution is -2.44. The number of aldehydes is 1. The van der Waals surface area contributed by atoms with E-state index in [0.29, 0.717) is 23.9 Å². The third kappa shape index (κ3) is 5.47. The van der Waals surface area contributed by atoms with Crippen LogP contribution in [0.15, 0.2) is 72.9 Å². The first kappa shape index (κ1) is 23.4. The molecule has 9 nitrogen and oxygen atoms in total. The molecule has 0 amide bonds. The van der Waals surface area contributed by atoms with Crippen molar-refractivity contribution in [3.05, 3.63) is 72.9 Å². The lowest BCUT2D eigenvalue weighted by atomic mass is 10.2. The van der Waals surface area contributed by atoms with Gasteiger partial charge in [0.15, 0.2) is 0 Å². The van der Waals surface area contributed by atoms with Gasteiger partial charge < -0.3 is 30.7 Å². The smallest absolute Gasteiger partial charge is 0.231 e. The lowest BCUT2D eigenvalue weighted by molar-refractivity contribution is -0.104. The molecule has 0 atom stereocenters. The number of carbonyl (C=O) groups excluding carboxylic acids is 1. The van der Waals surface area contributed by atoms with Crippen LogP contribution in [0.2, 0.25) is 0 Å². The molecule has 9 heteroatoms. The highest BCUT2D eigenvalue weighted by Crippen LogP contribution is 2.27. The predicted octanol–water partition coefficient (Wildman–Crippen LogP) is 4.36. The van der Waals surface area contributed by atoms with Gasteiger partial charge in [0.25, 0.3) is 0 Å². The van der Waals surface area contributed by atoms with Gasteiger partial charge in [0.05, 0.1) is 5.39 Å². The Balaban J connectivity index is 1.29. The van der Waals surface area contributed by atoms with E-state index in [-0.39, 0.29) is 0 Å². The zero-order valence-electron chi connectivity index (χ0n) is 20.3. The molecule has 1 aliphatic heterocycles. The maximum absolute atomic E-state index is 10.7. The van der Waals surface area contributed by atoms with Gasteiger partial charge in [-0.3, -0.25) is 4.79 Å². The van der Waals surface area contributed by atoms with Gasteiger partial charge in [-0.05, 0) is 61.6 Å². The topological polar surface area (TPSA) is 101 Å². The van der Waals surface area contributed by atoms with Gasteiger partial charge in [0.1, 0.15) is 17.8 Å². The van der Waals surface area contributed by atoms with Gasteiger partial charge in [-0.15, -0.1) is 0 Å². The summed E-state index contributed by atoms with van der Waals surface area (Å²) in [4.78, 5) is 28.0.